The lowest BCUT2D eigenvalue weighted by Crippen LogP contribution is -2.28. The Kier molecular flexibility index (Phi) is 3.96. The number of hydrazone groups is 1. The molecule has 0 radical (unpaired) electrons. The molecule has 2 aromatic rings. The average Bonchev–Trinajstić information content (AvgIpc) is 3.46. The van der Waals surface area contributed by atoms with Crippen LogP contribution in [0.2, 0.25) is 5.02 Å². The molecule has 8 heteroatoms. The summed E-state index contributed by atoms with van der Waals surface area (Å²) in [4.78, 5) is 36.5. The molecule has 1 N–H and O–H groups in total. The number of halogens is 1. The molecule has 1 aromatic heterocycles. The zero-order valence-electron chi connectivity index (χ0n) is 15.0. The Morgan fingerprint density at radius 2 is 1.83 bits per heavy atom. The van der Waals surface area contributed by atoms with Gasteiger partial charge in [0.25, 0.3) is 11.8 Å². The standard InChI is InChI=1S/C21H15ClN2O5/c22-15-5-3-10(8-14(15)21(27)28)16-6-4-13(29-16)9-23-24-19(25)17-11-1-2-12(7-11)18(17)20(24)26/h1-6,8-9,11-12,17-18H,7H2,(H,27,28)/b23-9+. The van der Waals surface area contributed by atoms with Gasteiger partial charge in [-0.2, -0.15) is 10.1 Å². The van der Waals surface area contributed by atoms with Crippen LogP contribution in [0.1, 0.15) is 22.5 Å². The van der Waals surface area contributed by atoms with Crippen molar-refractivity contribution >= 4 is 35.6 Å². The summed E-state index contributed by atoms with van der Waals surface area (Å²) in [6.07, 6.45) is 6.25. The summed E-state index contributed by atoms with van der Waals surface area (Å²) in [5, 5.41) is 14.4. The van der Waals surface area contributed by atoms with E-state index in [9.17, 15) is 19.5 Å². The van der Waals surface area contributed by atoms with Crippen LogP contribution in [-0.2, 0) is 9.59 Å². The van der Waals surface area contributed by atoms with Crippen molar-refractivity contribution in [2.75, 3.05) is 0 Å². The first-order valence-corrected chi connectivity index (χ1v) is 9.55. The van der Waals surface area contributed by atoms with E-state index in [1.54, 1.807) is 18.2 Å². The molecular formula is C21H15ClN2O5. The number of carboxylic acid groups (broad SMARTS) is 1. The van der Waals surface area contributed by atoms with Crippen molar-refractivity contribution < 1.29 is 23.9 Å². The van der Waals surface area contributed by atoms with E-state index in [2.05, 4.69) is 5.10 Å². The van der Waals surface area contributed by atoms with Crippen LogP contribution in [0.3, 0.4) is 0 Å². The summed E-state index contributed by atoms with van der Waals surface area (Å²) in [6.45, 7) is 0. The Balaban J connectivity index is 1.37. The van der Waals surface area contributed by atoms with Gasteiger partial charge in [0.15, 0.2) is 0 Å². The fourth-order valence-electron chi connectivity index (χ4n) is 4.53. The van der Waals surface area contributed by atoms with E-state index in [1.165, 1.54) is 18.3 Å². The minimum absolute atomic E-state index is 0.0289. The minimum atomic E-state index is -1.13. The number of benzene rings is 1. The first kappa shape index (κ1) is 17.9. The van der Waals surface area contributed by atoms with Crippen LogP contribution in [-0.4, -0.2) is 34.1 Å². The Morgan fingerprint density at radius 1 is 1.14 bits per heavy atom. The van der Waals surface area contributed by atoms with Crippen molar-refractivity contribution in [3.63, 3.8) is 0 Å². The van der Waals surface area contributed by atoms with Gasteiger partial charge in [0.2, 0.25) is 0 Å². The highest BCUT2D eigenvalue weighted by molar-refractivity contribution is 6.33. The fourth-order valence-corrected chi connectivity index (χ4v) is 4.73. The summed E-state index contributed by atoms with van der Waals surface area (Å²) in [5.74, 6) is -1.24. The van der Waals surface area contributed by atoms with Crippen molar-refractivity contribution in [1.29, 1.82) is 0 Å². The molecule has 2 fully saturated rings. The summed E-state index contributed by atoms with van der Waals surface area (Å²) in [6, 6.07) is 7.83. The molecule has 2 aliphatic carbocycles. The lowest BCUT2D eigenvalue weighted by molar-refractivity contribution is -0.140. The second kappa shape index (κ2) is 6.42. The van der Waals surface area contributed by atoms with Gasteiger partial charge in [-0.1, -0.05) is 23.8 Å². The monoisotopic (exact) mass is 410 g/mol. The Bertz CT molecular complexity index is 1090. The minimum Gasteiger partial charge on any atom is -0.478 e. The van der Waals surface area contributed by atoms with E-state index in [4.69, 9.17) is 16.0 Å². The molecular weight excluding hydrogens is 396 g/mol. The number of hydrogen-bond acceptors (Lipinski definition) is 5. The van der Waals surface area contributed by atoms with Crippen LogP contribution >= 0.6 is 11.6 Å². The second-order valence-electron chi connectivity index (χ2n) is 7.43. The average molecular weight is 411 g/mol. The van der Waals surface area contributed by atoms with E-state index in [0.717, 1.165) is 11.4 Å². The van der Waals surface area contributed by atoms with E-state index in [1.807, 2.05) is 12.2 Å². The predicted molar refractivity (Wildman–Crippen MR) is 103 cm³/mol. The third kappa shape index (κ3) is 2.73. The van der Waals surface area contributed by atoms with Crippen LogP contribution in [0.4, 0.5) is 0 Å². The lowest BCUT2D eigenvalue weighted by Gasteiger charge is -2.13. The van der Waals surface area contributed by atoms with Gasteiger partial charge in [0, 0.05) is 5.56 Å². The molecule has 7 nitrogen and oxygen atoms in total. The molecule has 4 atom stereocenters. The SMILES string of the molecule is O=C(O)c1cc(-c2ccc(/C=N/N3C(=O)C4C5C=CC(C5)C4C3=O)o2)ccc1Cl. The van der Waals surface area contributed by atoms with Crippen molar-refractivity contribution in [2.45, 2.75) is 6.42 Å². The Labute approximate surface area is 170 Å². The number of furan rings is 1. The van der Waals surface area contributed by atoms with Crippen molar-refractivity contribution in [1.82, 2.24) is 5.01 Å². The van der Waals surface area contributed by atoms with E-state index >= 15 is 0 Å². The molecule has 2 heterocycles. The van der Waals surface area contributed by atoms with Crippen LogP contribution in [0.15, 0.2) is 52.0 Å². The summed E-state index contributed by atoms with van der Waals surface area (Å²) < 4.78 is 5.68. The van der Waals surface area contributed by atoms with E-state index in [-0.39, 0.29) is 46.1 Å². The van der Waals surface area contributed by atoms with E-state index < -0.39 is 5.97 Å². The Morgan fingerprint density at radius 3 is 2.48 bits per heavy atom. The number of amides is 2. The maximum Gasteiger partial charge on any atom is 0.337 e. The number of nitrogens with zero attached hydrogens (tertiary/aromatic N) is 2. The second-order valence-corrected chi connectivity index (χ2v) is 7.84. The van der Waals surface area contributed by atoms with Crippen LogP contribution in [0.25, 0.3) is 11.3 Å². The largest absolute Gasteiger partial charge is 0.478 e. The van der Waals surface area contributed by atoms with Crippen molar-refractivity contribution in [3.05, 3.63) is 58.8 Å². The van der Waals surface area contributed by atoms with Gasteiger partial charge >= 0.3 is 5.97 Å². The predicted octanol–water partition coefficient (Wildman–Crippen LogP) is 3.44. The number of allylic oxidation sites excluding steroid dienone is 2. The maximum atomic E-state index is 12.6. The van der Waals surface area contributed by atoms with Gasteiger partial charge in [-0.25, -0.2) is 4.79 Å². The van der Waals surface area contributed by atoms with Crippen LogP contribution in [0.5, 0.6) is 0 Å². The molecule has 5 rings (SSSR count). The summed E-state index contributed by atoms with van der Waals surface area (Å²) in [7, 11) is 0. The third-order valence-electron chi connectivity index (χ3n) is 5.86. The lowest BCUT2D eigenvalue weighted by atomic mass is 9.85. The number of carbonyl (C=O) groups excluding carboxylic acids is 2. The first-order chi connectivity index (χ1) is 13.9. The summed E-state index contributed by atoms with van der Waals surface area (Å²) >= 11 is 5.89. The molecule has 1 saturated heterocycles. The maximum absolute atomic E-state index is 12.6. The zero-order chi connectivity index (χ0) is 20.3. The molecule has 0 spiro atoms. The van der Waals surface area contributed by atoms with Gasteiger partial charge in [0.1, 0.15) is 11.5 Å². The highest BCUT2D eigenvalue weighted by Crippen LogP contribution is 2.52. The van der Waals surface area contributed by atoms with Gasteiger partial charge in [-0.3, -0.25) is 9.59 Å². The number of aromatic carboxylic acids is 1. The molecule has 1 aromatic carbocycles. The smallest absolute Gasteiger partial charge is 0.337 e. The first-order valence-electron chi connectivity index (χ1n) is 9.17. The molecule has 1 aliphatic heterocycles. The third-order valence-corrected chi connectivity index (χ3v) is 6.19. The molecule has 2 bridgehead atoms. The fraction of sp³-hybridized carbons (Fsp3) is 0.238. The zero-order valence-corrected chi connectivity index (χ0v) is 15.7. The highest BCUT2D eigenvalue weighted by Gasteiger charge is 2.59. The number of hydrogen-bond donors (Lipinski definition) is 1. The topological polar surface area (TPSA) is 100 Å². The number of carbonyl (C=O) groups is 3. The van der Waals surface area contributed by atoms with Crippen molar-refractivity contribution in [3.8, 4) is 11.3 Å². The molecule has 3 aliphatic rings. The molecule has 4 unspecified atom stereocenters. The molecule has 146 valence electrons. The van der Waals surface area contributed by atoms with Gasteiger partial charge in [0.05, 0.1) is 28.6 Å². The molecule has 2 amide bonds. The van der Waals surface area contributed by atoms with Crippen LogP contribution < -0.4 is 0 Å². The van der Waals surface area contributed by atoms with Gasteiger partial charge in [-0.15, -0.1) is 0 Å². The number of fused-ring (bicyclic) bond motifs is 5. The number of imide groups is 1. The summed E-state index contributed by atoms with van der Waals surface area (Å²) in [5.41, 5.74) is 0.510. The number of carboxylic acids is 1. The van der Waals surface area contributed by atoms with Gasteiger partial charge < -0.3 is 9.52 Å². The molecule has 1 saturated carbocycles. The molecule has 29 heavy (non-hydrogen) atoms. The van der Waals surface area contributed by atoms with Gasteiger partial charge in [-0.05, 0) is 48.6 Å². The van der Waals surface area contributed by atoms with Crippen LogP contribution in [0, 0.1) is 23.7 Å². The normalized spacial score (nSPS) is 27.4. The van der Waals surface area contributed by atoms with E-state index in [0.29, 0.717) is 17.1 Å². The van der Waals surface area contributed by atoms with Crippen molar-refractivity contribution in [2.24, 2.45) is 28.8 Å². The Hall–Kier alpha value is -3.19. The number of rotatable bonds is 4. The highest BCUT2D eigenvalue weighted by atomic mass is 35.5. The quantitative estimate of drug-likeness (QED) is 0.472.